The highest BCUT2D eigenvalue weighted by Crippen LogP contribution is 2.20. The van der Waals surface area contributed by atoms with Crippen molar-refractivity contribution < 1.29 is 19.5 Å². The molecule has 2 rings (SSSR count). The minimum absolute atomic E-state index is 0.142. The van der Waals surface area contributed by atoms with Gasteiger partial charge in [0.2, 0.25) is 5.91 Å². The Balaban J connectivity index is 2.00. The number of hydrogen-bond donors (Lipinski definition) is 2. The summed E-state index contributed by atoms with van der Waals surface area (Å²) in [5.74, 6) is -1.71. The standard InChI is InChI=1S/C19H25ClN2O4/c1-12(2)10-16(19(25)26)21-17(23)14-4-3-9-22(11-14)18(24)13-5-7-15(20)8-6-13/h5-8,12,14,16H,3-4,9-11H2,1-2H3,(H,21,23)(H,25,26)/t14?,16-/m0/s1. The summed E-state index contributed by atoms with van der Waals surface area (Å²) in [7, 11) is 0. The van der Waals surface area contributed by atoms with Crippen molar-refractivity contribution in [1.29, 1.82) is 0 Å². The zero-order valence-corrected chi connectivity index (χ0v) is 15.8. The van der Waals surface area contributed by atoms with E-state index in [1.54, 1.807) is 29.2 Å². The van der Waals surface area contributed by atoms with E-state index in [2.05, 4.69) is 5.32 Å². The van der Waals surface area contributed by atoms with Gasteiger partial charge in [-0.1, -0.05) is 25.4 Å². The third kappa shape index (κ3) is 5.46. The highest BCUT2D eigenvalue weighted by atomic mass is 35.5. The Morgan fingerprint density at radius 2 is 1.92 bits per heavy atom. The Morgan fingerprint density at radius 1 is 1.27 bits per heavy atom. The van der Waals surface area contributed by atoms with E-state index in [0.29, 0.717) is 42.9 Å². The van der Waals surface area contributed by atoms with E-state index in [9.17, 15) is 19.5 Å². The number of aliphatic carboxylic acids is 1. The molecule has 1 aliphatic heterocycles. The van der Waals surface area contributed by atoms with Crippen LogP contribution < -0.4 is 5.32 Å². The van der Waals surface area contributed by atoms with Crippen molar-refractivity contribution in [3.8, 4) is 0 Å². The van der Waals surface area contributed by atoms with Crippen LogP contribution in [-0.2, 0) is 9.59 Å². The lowest BCUT2D eigenvalue weighted by atomic mass is 9.95. The highest BCUT2D eigenvalue weighted by molar-refractivity contribution is 6.30. The van der Waals surface area contributed by atoms with Gasteiger partial charge in [0.15, 0.2) is 0 Å². The summed E-state index contributed by atoms with van der Waals surface area (Å²) in [6.07, 6.45) is 1.73. The van der Waals surface area contributed by atoms with Crippen LogP contribution in [0.4, 0.5) is 0 Å². The molecule has 142 valence electrons. The van der Waals surface area contributed by atoms with Gasteiger partial charge in [-0.2, -0.15) is 0 Å². The summed E-state index contributed by atoms with van der Waals surface area (Å²) in [4.78, 5) is 38.1. The molecule has 0 spiro atoms. The maximum absolute atomic E-state index is 12.6. The molecule has 0 saturated carbocycles. The van der Waals surface area contributed by atoms with Crippen molar-refractivity contribution in [2.45, 2.75) is 39.2 Å². The predicted octanol–water partition coefficient (Wildman–Crippen LogP) is 2.81. The lowest BCUT2D eigenvalue weighted by Crippen LogP contribution is -2.49. The second-order valence-corrected chi connectivity index (χ2v) is 7.56. The van der Waals surface area contributed by atoms with Gasteiger partial charge in [0.1, 0.15) is 6.04 Å². The molecular formula is C19H25ClN2O4. The molecule has 0 aromatic heterocycles. The highest BCUT2D eigenvalue weighted by Gasteiger charge is 2.31. The van der Waals surface area contributed by atoms with Gasteiger partial charge in [-0.3, -0.25) is 9.59 Å². The van der Waals surface area contributed by atoms with Crippen LogP contribution in [0.2, 0.25) is 5.02 Å². The predicted molar refractivity (Wildman–Crippen MR) is 99.1 cm³/mol. The third-order valence-electron chi connectivity index (χ3n) is 4.49. The number of carbonyl (C=O) groups excluding carboxylic acids is 2. The number of carbonyl (C=O) groups is 3. The number of rotatable bonds is 6. The monoisotopic (exact) mass is 380 g/mol. The first-order valence-corrected chi connectivity index (χ1v) is 9.23. The fraction of sp³-hybridized carbons (Fsp3) is 0.526. The van der Waals surface area contributed by atoms with Gasteiger partial charge in [-0.05, 0) is 49.4 Å². The van der Waals surface area contributed by atoms with Gasteiger partial charge in [0, 0.05) is 23.7 Å². The SMILES string of the molecule is CC(C)C[C@H](NC(=O)C1CCCN(C(=O)c2ccc(Cl)cc2)C1)C(=O)O. The van der Waals surface area contributed by atoms with E-state index in [1.165, 1.54) is 0 Å². The average molecular weight is 381 g/mol. The maximum atomic E-state index is 12.6. The lowest BCUT2D eigenvalue weighted by molar-refractivity contribution is -0.143. The van der Waals surface area contributed by atoms with Crippen LogP contribution in [0.15, 0.2) is 24.3 Å². The number of amides is 2. The zero-order chi connectivity index (χ0) is 19.3. The molecule has 0 aliphatic carbocycles. The molecule has 1 aromatic rings. The Morgan fingerprint density at radius 3 is 2.50 bits per heavy atom. The number of likely N-dealkylation sites (tertiary alicyclic amines) is 1. The average Bonchev–Trinajstić information content (AvgIpc) is 2.60. The number of carboxylic acid groups (broad SMARTS) is 1. The molecule has 1 saturated heterocycles. The molecule has 1 fully saturated rings. The normalized spacial score (nSPS) is 18.5. The number of nitrogens with one attached hydrogen (secondary N) is 1. The summed E-state index contributed by atoms with van der Waals surface area (Å²) < 4.78 is 0. The van der Waals surface area contributed by atoms with Gasteiger partial charge < -0.3 is 15.3 Å². The molecule has 0 radical (unpaired) electrons. The fourth-order valence-electron chi connectivity index (χ4n) is 3.13. The quantitative estimate of drug-likeness (QED) is 0.794. The van der Waals surface area contributed by atoms with E-state index in [1.807, 2.05) is 13.8 Å². The Kier molecular flexibility index (Phi) is 7.03. The molecule has 7 heteroatoms. The van der Waals surface area contributed by atoms with Crippen LogP contribution >= 0.6 is 11.6 Å². The second kappa shape index (κ2) is 9.03. The third-order valence-corrected chi connectivity index (χ3v) is 4.74. The summed E-state index contributed by atoms with van der Waals surface area (Å²) >= 11 is 5.85. The van der Waals surface area contributed by atoms with Crippen LogP contribution in [0.1, 0.15) is 43.5 Å². The summed E-state index contributed by atoms with van der Waals surface area (Å²) in [5, 5.41) is 12.5. The first-order chi connectivity index (χ1) is 12.3. The number of piperidine rings is 1. The first kappa shape index (κ1) is 20.2. The molecule has 6 nitrogen and oxygen atoms in total. The second-order valence-electron chi connectivity index (χ2n) is 7.13. The molecule has 0 bridgehead atoms. The van der Waals surface area contributed by atoms with Gasteiger partial charge >= 0.3 is 5.97 Å². The van der Waals surface area contributed by atoms with Crippen molar-refractivity contribution >= 4 is 29.4 Å². The minimum atomic E-state index is -1.03. The summed E-state index contributed by atoms with van der Waals surface area (Å²) in [6.45, 7) is 4.70. The largest absolute Gasteiger partial charge is 0.480 e. The summed E-state index contributed by atoms with van der Waals surface area (Å²) in [5.41, 5.74) is 0.527. The number of benzene rings is 1. The molecule has 2 atom stereocenters. The van der Waals surface area contributed by atoms with E-state index in [4.69, 9.17) is 11.6 Å². The number of nitrogens with zero attached hydrogens (tertiary/aromatic N) is 1. The Hall–Kier alpha value is -2.08. The van der Waals surface area contributed by atoms with Crippen molar-refractivity contribution in [1.82, 2.24) is 10.2 Å². The van der Waals surface area contributed by atoms with Crippen LogP contribution in [0.25, 0.3) is 0 Å². The maximum Gasteiger partial charge on any atom is 0.326 e. The van der Waals surface area contributed by atoms with Crippen molar-refractivity contribution in [2.24, 2.45) is 11.8 Å². The molecular weight excluding hydrogens is 356 g/mol. The first-order valence-electron chi connectivity index (χ1n) is 8.86. The van der Waals surface area contributed by atoms with Crippen LogP contribution in [0, 0.1) is 11.8 Å². The van der Waals surface area contributed by atoms with Crippen LogP contribution in [-0.4, -0.2) is 46.9 Å². The number of hydrogen-bond acceptors (Lipinski definition) is 3. The van der Waals surface area contributed by atoms with Crippen LogP contribution in [0.3, 0.4) is 0 Å². The lowest BCUT2D eigenvalue weighted by Gasteiger charge is -2.32. The topological polar surface area (TPSA) is 86.7 Å². The van der Waals surface area contributed by atoms with E-state index in [-0.39, 0.29) is 17.7 Å². The van der Waals surface area contributed by atoms with Crippen molar-refractivity contribution in [3.05, 3.63) is 34.9 Å². The zero-order valence-electron chi connectivity index (χ0n) is 15.1. The smallest absolute Gasteiger partial charge is 0.326 e. The molecule has 26 heavy (non-hydrogen) atoms. The van der Waals surface area contributed by atoms with Gasteiger partial charge in [0.05, 0.1) is 5.92 Å². The Bertz CT molecular complexity index is 660. The van der Waals surface area contributed by atoms with E-state index >= 15 is 0 Å². The van der Waals surface area contributed by atoms with Crippen molar-refractivity contribution in [3.63, 3.8) is 0 Å². The molecule has 2 N–H and O–H groups in total. The molecule has 2 amide bonds. The van der Waals surface area contributed by atoms with Crippen molar-refractivity contribution in [2.75, 3.05) is 13.1 Å². The van der Waals surface area contributed by atoms with Crippen LogP contribution in [0.5, 0.6) is 0 Å². The van der Waals surface area contributed by atoms with E-state index < -0.39 is 17.9 Å². The number of carboxylic acids is 1. The van der Waals surface area contributed by atoms with Gasteiger partial charge in [-0.25, -0.2) is 4.79 Å². The Labute approximate surface area is 158 Å². The minimum Gasteiger partial charge on any atom is -0.480 e. The molecule has 1 aromatic carbocycles. The van der Waals surface area contributed by atoms with Gasteiger partial charge in [0.25, 0.3) is 5.91 Å². The molecule has 1 heterocycles. The number of halogens is 1. The van der Waals surface area contributed by atoms with Gasteiger partial charge in [-0.15, -0.1) is 0 Å². The summed E-state index contributed by atoms with van der Waals surface area (Å²) in [6, 6.07) is 5.75. The molecule has 1 unspecified atom stereocenters. The van der Waals surface area contributed by atoms with E-state index in [0.717, 1.165) is 0 Å². The molecule has 1 aliphatic rings. The fourth-order valence-corrected chi connectivity index (χ4v) is 3.26.